The van der Waals surface area contributed by atoms with Gasteiger partial charge in [0.2, 0.25) is 5.96 Å². The van der Waals surface area contributed by atoms with Crippen molar-refractivity contribution in [3.63, 3.8) is 0 Å². The lowest BCUT2D eigenvalue weighted by Gasteiger charge is -1.99. The molecule has 0 spiro atoms. The Morgan fingerprint density at radius 3 is 2.70 bits per heavy atom. The molecule has 2 aromatic rings. The number of carbonyl (C=O) groups is 1. The van der Waals surface area contributed by atoms with E-state index >= 15 is 0 Å². The number of aromatic nitrogens is 1. The fourth-order valence-corrected chi connectivity index (χ4v) is 1.75. The van der Waals surface area contributed by atoms with E-state index in [2.05, 4.69) is 19.7 Å². The largest absolute Gasteiger partial charge is 0.465 e. The van der Waals surface area contributed by atoms with Gasteiger partial charge in [-0.15, -0.1) is 0 Å². The van der Waals surface area contributed by atoms with Crippen molar-refractivity contribution in [2.45, 2.75) is 0 Å². The molecule has 0 aliphatic carbocycles. The molecule has 2 rings (SSSR count). The molecular formula is C12H14N6O2. The monoisotopic (exact) mass is 274 g/mol. The molecule has 0 amide bonds. The lowest BCUT2D eigenvalue weighted by Crippen LogP contribution is -2.26. The number of nitrogens with two attached hydrogens (primary N) is 3. The van der Waals surface area contributed by atoms with Crippen LogP contribution in [0.15, 0.2) is 34.4 Å². The number of rotatable bonds is 2. The lowest BCUT2D eigenvalue weighted by molar-refractivity contribution is 0.0603. The molecular weight excluding hydrogens is 260 g/mol. The smallest absolute Gasteiger partial charge is 0.340 e. The Bertz CT molecular complexity index is 712. The number of guanidine groups is 2. The van der Waals surface area contributed by atoms with Crippen LogP contribution in [-0.2, 0) is 4.74 Å². The van der Waals surface area contributed by atoms with Gasteiger partial charge in [0.1, 0.15) is 0 Å². The van der Waals surface area contributed by atoms with Gasteiger partial charge in [0.05, 0.1) is 18.4 Å². The summed E-state index contributed by atoms with van der Waals surface area (Å²) in [6.45, 7) is 0. The number of H-pyrrole nitrogens is 1. The lowest BCUT2D eigenvalue weighted by atomic mass is 10.1. The Morgan fingerprint density at radius 1 is 1.30 bits per heavy atom. The van der Waals surface area contributed by atoms with Crippen molar-refractivity contribution in [3.05, 3.63) is 30.0 Å². The number of nitrogens with zero attached hydrogens (tertiary/aromatic N) is 2. The van der Waals surface area contributed by atoms with Gasteiger partial charge in [-0.25, -0.2) is 9.79 Å². The zero-order chi connectivity index (χ0) is 14.7. The summed E-state index contributed by atoms with van der Waals surface area (Å²) in [6, 6.07) is 5.15. The fraction of sp³-hybridized carbons (Fsp3) is 0.0833. The number of esters is 1. The maximum atomic E-state index is 11.5. The van der Waals surface area contributed by atoms with E-state index in [4.69, 9.17) is 17.2 Å². The molecule has 1 aromatic carbocycles. The first-order valence-corrected chi connectivity index (χ1v) is 5.64. The van der Waals surface area contributed by atoms with Gasteiger partial charge >= 0.3 is 5.97 Å². The third-order valence-corrected chi connectivity index (χ3v) is 2.56. The number of fused-ring (bicyclic) bond motifs is 1. The van der Waals surface area contributed by atoms with Crippen molar-refractivity contribution >= 4 is 34.5 Å². The van der Waals surface area contributed by atoms with Gasteiger partial charge in [0.15, 0.2) is 5.96 Å². The first-order chi connectivity index (χ1) is 9.51. The number of hydrogen-bond donors (Lipinski definition) is 4. The predicted octanol–water partition coefficient (Wildman–Crippen LogP) is 0.174. The number of methoxy groups -OCH3 is 1. The van der Waals surface area contributed by atoms with E-state index < -0.39 is 5.97 Å². The number of ether oxygens (including phenoxy) is 1. The number of aliphatic imine (C=N–C) groups is 2. The summed E-state index contributed by atoms with van der Waals surface area (Å²) in [4.78, 5) is 22.1. The molecule has 0 unspecified atom stereocenters. The maximum absolute atomic E-state index is 11.5. The van der Waals surface area contributed by atoms with Crippen molar-refractivity contribution in [1.29, 1.82) is 0 Å². The van der Waals surface area contributed by atoms with E-state index in [1.807, 2.05) is 0 Å². The maximum Gasteiger partial charge on any atom is 0.340 e. The third kappa shape index (κ3) is 2.69. The van der Waals surface area contributed by atoms with Crippen molar-refractivity contribution in [3.8, 4) is 0 Å². The molecule has 0 saturated carbocycles. The minimum atomic E-state index is -0.410. The Labute approximate surface area is 114 Å². The Hall–Kier alpha value is -3.03. The van der Waals surface area contributed by atoms with Gasteiger partial charge in [-0.1, -0.05) is 0 Å². The zero-order valence-corrected chi connectivity index (χ0v) is 10.8. The van der Waals surface area contributed by atoms with Gasteiger partial charge in [-0.2, -0.15) is 4.99 Å². The van der Waals surface area contributed by atoms with Gasteiger partial charge in [0, 0.05) is 17.1 Å². The van der Waals surface area contributed by atoms with Crippen molar-refractivity contribution in [1.82, 2.24) is 4.98 Å². The number of nitrogens with one attached hydrogen (secondary N) is 1. The fourth-order valence-electron chi connectivity index (χ4n) is 1.75. The quantitative estimate of drug-likeness (QED) is 0.350. The van der Waals surface area contributed by atoms with Crippen molar-refractivity contribution in [2.75, 3.05) is 7.11 Å². The van der Waals surface area contributed by atoms with Gasteiger partial charge in [-0.05, 0) is 18.2 Å². The van der Waals surface area contributed by atoms with Gasteiger partial charge in [0.25, 0.3) is 0 Å². The second kappa shape index (κ2) is 5.31. The van der Waals surface area contributed by atoms with Crippen LogP contribution in [0.4, 0.5) is 5.69 Å². The predicted molar refractivity (Wildman–Crippen MR) is 76.7 cm³/mol. The first kappa shape index (κ1) is 13.4. The average molecular weight is 274 g/mol. The van der Waals surface area contributed by atoms with E-state index in [0.717, 1.165) is 10.9 Å². The summed E-state index contributed by atoms with van der Waals surface area (Å²) in [5, 5.41) is 0.733. The van der Waals surface area contributed by atoms with Crippen molar-refractivity contribution in [2.24, 2.45) is 27.2 Å². The van der Waals surface area contributed by atoms with E-state index in [9.17, 15) is 4.79 Å². The van der Waals surface area contributed by atoms with Crippen LogP contribution in [0.1, 0.15) is 10.4 Å². The van der Waals surface area contributed by atoms with Crippen LogP contribution in [0.5, 0.6) is 0 Å². The topological polar surface area (TPSA) is 145 Å². The van der Waals surface area contributed by atoms with Crippen LogP contribution in [0.25, 0.3) is 10.9 Å². The highest BCUT2D eigenvalue weighted by atomic mass is 16.5. The highest BCUT2D eigenvalue weighted by molar-refractivity contribution is 6.04. The van der Waals surface area contributed by atoms with Crippen LogP contribution >= 0.6 is 0 Å². The third-order valence-electron chi connectivity index (χ3n) is 2.56. The van der Waals surface area contributed by atoms with Crippen LogP contribution in [0.3, 0.4) is 0 Å². The number of carbonyl (C=O) groups excluding carboxylic acids is 1. The molecule has 0 atom stereocenters. The van der Waals surface area contributed by atoms with Crippen LogP contribution in [0.2, 0.25) is 0 Å². The summed E-state index contributed by atoms with van der Waals surface area (Å²) in [7, 11) is 1.33. The summed E-state index contributed by atoms with van der Waals surface area (Å²) >= 11 is 0. The normalized spacial score (nSPS) is 11.3. The van der Waals surface area contributed by atoms with Gasteiger partial charge in [-0.3, -0.25) is 0 Å². The molecule has 1 heterocycles. The summed E-state index contributed by atoms with van der Waals surface area (Å²) < 4.78 is 4.69. The van der Waals surface area contributed by atoms with Crippen LogP contribution in [0, 0.1) is 0 Å². The average Bonchev–Trinajstić information content (AvgIpc) is 2.79. The summed E-state index contributed by atoms with van der Waals surface area (Å²) in [5.41, 5.74) is 17.7. The second-order valence-corrected chi connectivity index (χ2v) is 3.93. The molecule has 7 N–H and O–H groups in total. The molecule has 8 nitrogen and oxygen atoms in total. The number of hydrogen-bond acceptors (Lipinski definition) is 3. The molecule has 1 aromatic heterocycles. The minimum Gasteiger partial charge on any atom is -0.465 e. The number of benzene rings is 1. The Kier molecular flexibility index (Phi) is 3.56. The number of aromatic amines is 1. The SMILES string of the molecule is COC(=O)c1c[nH]c2cc(N=C(N)N=C(N)N)ccc12. The molecule has 104 valence electrons. The minimum absolute atomic E-state index is 0.0518. The van der Waals surface area contributed by atoms with Crippen LogP contribution in [-0.4, -0.2) is 30.0 Å². The first-order valence-electron chi connectivity index (χ1n) is 5.64. The van der Waals surface area contributed by atoms with Gasteiger partial charge < -0.3 is 26.9 Å². The molecule has 0 aliphatic rings. The molecule has 0 saturated heterocycles. The highest BCUT2D eigenvalue weighted by Crippen LogP contribution is 2.24. The molecule has 20 heavy (non-hydrogen) atoms. The summed E-state index contributed by atoms with van der Waals surface area (Å²) in [5.74, 6) is -0.628. The van der Waals surface area contributed by atoms with E-state index in [-0.39, 0.29) is 11.9 Å². The van der Waals surface area contributed by atoms with E-state index in [1.54, 1.807) is 24.4 Å². The van der Waals surface area contributed by atoms with E-state index in [1.165, 1.54) is 7.11 Å². The zero-order valence-electron chi connectivity index (χ0n) is 10.8. The van der Waals surface area contributed by atoms with Crippen molar-refractivity contribution < 1.29 is 9.53 Å². The van der Waals surface area contributed by atoms with E-state index in [0.29, 0.717) is 11.3 Å². The molecule has 0 radical (unpaired) electrons. The highest BCUT2D eigenvalue weighted by Gasteiger charge is 2.12. The molecule has 8 heteroatoms. The molecule has 0 aliphatic heterocycles. The Morgan fingerprint density at radius 2 is 2.05 bits per heavy atom. The standard InChI is InChI=1S/C12H14N6O2/c1-20-10(19)8-5-16-9-4-6(2-3-7(8)9)17-12(15)18-11(13)14/h2-5,16H,1H3,(H6,13,14,15,17,18). The van der Waals surface area contributed by atoms with Crippen LogP contribution < -0.4 is 17.2 Å². The Balaban J connectivity index is 2.41. The molecule has 0 fully saturated rings. The molecule has 0 bridgehead atoms. The summed E-state index contributed by atoms with van der Waals surface area (Å²) in [6.07, 6.45) is 1.57. The second-order valence-electron chi connectivity index (χ2n) is 3.93.